The maximum atomic E-state index is 9.11. The number of hydrogen-bond donors (Lipinski definition) is 2. The van der Waals surface area contributed by atoms with Crippen LogP contribution in [0.15, 0.2) is 41.9 Å². The van der Waals surface area contributed by atoms with E-state index in [-0.39, 0.29) is 18.7 Å². The van der Waals surface area contributed by atoms with Gasteiger partial charge in [-0.05, 0) is 42.2 Å². The molecule has 2 N–H and O–H groups in total. The summed E-state index contributed by atoms with van der Waals surface area (Å²) in [5, 5.41) is 15.3. The molecule has 0 spiro atoms. The van der Waals surface area contributed by atoms with Crippen LogP contribution in [0.4, 0.5) is 0 Å². The quantitative estimate of drug-likeness (QED) is 0.829. The van der Waals surface area contributed by atoms with E-state index in [1.807, 2.05) is 24.4 Å². The molecule has 6 heteroatoms. The Hall–Kier alpha value is -1.50. The number of hydrogen-bond acceptors (Lipinski definition) is 4. The summed E-state index contributed by atoms with van der Waals surface area (Å²) in [4.78, 5) is 7.90. The topological polar surface area (TPSA) is 48.4 Å². The van der Waals surface area contributed by atoms with Gasteiger partial charge < -0.3 is 15.3 Å². The van der Waals surface area contributed by atoms with Crippen LogP contribution in [-0.4, -0.2) is 33.3 Å². The minimum Gasteiger partial charge on any atom is -0.396 e. The lowest BCUT2D eigenvalue weighted by Gasteiger charge is -2.26. The fourth-order valence-corrected chi connectivity index (χ4v) is 3.86. The second kappa shape index (κ2) is 6.51. The van der Waals surface area contributed by atoms with Crippen LogP contribution in [0.3, 0.4) is 0 Å². The predicted molar refractivity (Wildman–Crippen MR) is 88.2 cm³/mol. The number of aliphatic hydroxyl groups is 1. The normalized spacial score (nSPS) is 21.6. The molecule has 2 aromatic heterocycles. The van der Waals surface area contributed by atoms with Crippen LogP contribution in [0, 0.1) is 0 Å². The number of thiophene rings is 1. The van der Waals surface area contributed by atoms with Gasteiger partial charge in [-0.15, -0.1) is 11.3 Å². The number of thiocarbonyl (C=S) groups is 1. The fourth-order valence-electron chi connectivity index (χ4n) is 2.66. The third-order valence-corrected chi connectivity index (χ3v) is 4.88. The predicted octanol–water partition coefficient (Wildman–Crippen LogP) is 2.50. The molecule has 21 heavy (non-hydrogen) atoms. The zero-order chi connectivity index (χ0) is 14.7. The molecule has 0 radical (unpaired) electrons. The van der Waals surface area contributed by atoms with E-state index in [0.29, 0.717) is 6.42 Å². The standard InChI is InChI=1S/C15H17N3OS2/c19-9-4-8-18-14(12-6-3-10-21-12)13(17-15(18)20)11-5-1-2-7-16-11/h1-3,5-7,10,13-14,19H,4,8-9H2,(H,17,20)/t13-,14-/m0/s1. The van der Waals surface area contributed by atoms with Crippen LogP contribution in [-0.2, 0) is 0 Å². The first-order valence-corrected chi connectivity index (χ1v) is 8.22. The number of nitrogens with one attached hydrogen (secondary N) is 1. The SMILES string of the molecule is OCCCN1C(=S)N[C@@H](c2ccccn2)[C@@H]1c1cccs1. The Morgan fingerprint density at radius 1 is 1.33 bits per heavy atom. The summed E-state index contributed by atoms with van der Waals surface area (Å²) >= 11 is 7.22. The highest BCUT2D eigenvalue weighted by atomic mass is 32.1. The molecule has 0 aliphatic carbocycles. The van der Waals surface area contributed by atoms with Crippen molar-refractivity contribution in [3.8, 4) is 0 Å². The third-order valence-electron chi connectivity index (χ3n) is 3.59. The largest absolute Gasteiger partial charge is 0.396 e. The zero-order valence-corrected chi connectivity index (χ0v) is 13.1. The molecule has 1 aliphatic heterocycles. The van der Waals surface area contributed by atoms with Gasteiger partial charge in [-0.1, -0.05) is 12.1 Å². The van der Waals surface area contributed by atoms with Gasteiger partial charge >= 0.3 is 0 Å². The second-order valence-corrected chi connectivity index (χ2v) is 6.28. The smallest absolute Gasteiger partial charge is 0.170 e. The van der Waals surface area contributed by atoms with E-state index in [1.165, 1.54) is 4.88 Å². The maximum absolute atomic E-state index is 9.11. The van der Waals surface area contributed by atoms with Crippen LogP contribution in [0.25, 0.3) is 0 Å². The maximum Gasteiger partial charge on any atom is 0.170 e. The molecule has 4 nitrogen and oxygen atoms in total. The molecule has 2 aromatic rings. The zero-order valence-electron chi connectivity index (χ0n) is 11.5. The Labute approximate surface area is 133 Å². The van der Waals surface area contributed by atoms with Crippen molar-refractivity contribution in [3.63, 3.8) is 0 Å². The van der Waals surface area contributed by atoms with E-state index in [1.54, 1.807) is 11.3 Å². The highest BCUT2D eigenvalue weighted by Crippen LogP contribution is 2.40. The van der Waals surface area contributed by atoms with Crippen LogP contribution < -0.4 is 5.32 Å². The van der Waals surface area contributed by atoms with Crippen LogP contribution in [0.5, 0.6) is 0 Å². The van der Waals surface area contributed by atoms with E-state index in [4.69, 9.17) is 17.3 Å². The van der Waals surface area contributed by atoms with Gasteiger partial charge in [-0.25, -0.2) is 0 Å². The lowest BCUT2D eigenvalue weighted by Crippen LogP contribution is -2.30. The summed E-state index contributed by atoms with van der Waals surface area (Å²) in [6.07, 6.45) is 2.51. The average molecular weight is 319 g/mol. The Balaban J connectivity index is 1.94. The lowest BCUT2D eigenvalue weighted by atomic mass is 10.0. The number of aromatic nitrogens is 1. The van der Waals surface area contributed by atoms with Gasteiger partial charge in [0.15, 0.2) is 5.11 Å². The Kier molecular flexibility index (Phi) is 4.48. The molecule has 2 atom stereocenters. The summed E-state index contributed by atoms with van der Waals surface area (Å²) in [7, 11) is 0. The van der Waals surface area contributed by atoms with Gasteiger partial charge in [0.1, 0.15) is 0 Å². The van der Waals surface area contributed by atoms with Crippen molar-refractivity contribution in [2.45, 2.75) is 18.5 Å². The van der Waals surface area contributed by atoms with Gasteiger partial charge in [0.05, 0.1) is 17.8 Å². The van der Waals surface area contributed by atoms with E-state index >= 15 is 0 Å². The molecule has 1 fully saturated rings. The molecule has 0 aromatic carbocycles. The van der Waals surface area contributed by atoms with Crippen molar-refractivity contribution in [2.75, 3.05) is 13.2 Å². The van der Waals surface area contributed by atoms with Crippen molar-refractivity contribution < 1.29 is 5.11 Å². The number of rotatable bonds is 5. The van der Waals surface area contributed by atoms with Crippen LogP contribution in [0.1, 0.15) is 29.1 Å². The summed E-state index contributed by atoms with van der Waals surface area (Å²) in [6.45, 7) is 0.915. The molecule has 3 rings (SSSR count). The molecule has 1 saturated heterocycles. The molecule has 1 aliphatic rings. The third kappa shape index (κ3) is 2.92. The van der Waals surface area contributed by atoms with Gasteiger partial charge in [0.25, 0.3) is 0 Å². The molecule has 0 bridgehead atoms. The fraction of sp³-hybridized carbons (Fsp3) is 0.333. The highest BCUT2D eigenvalue weighted by molar-refractivity contribution is 7.80. The molecule has 0 unspecified atom stereocenters. The van der Waals surface area contributed by atoms with E-state index in [2.05, 4.69) is 32.7 Å². The highest BCUT2D eigenvalue weighted by Gasteiger charge is 2.39. The number of nitrogens with zero attached hydrogens (tertiary/aromatic N) is 2. The van der Waals surface area contributed by atoms with E-state index in [9.17, 15) is 0 Å². The van der Waals surface area contributed by atoms with E-state index in [0.717, 1.165) is 17.4 Å². The van der Waals surface area contributed by atoms with Crippen LogP contribution in [0.2, 0.25) is 0 Å². The van der Waals surface area contributed by atoms with E-state index < -0.39 is 0 Å². The first-order chi connectivity index (χ1) is 10.3. The first kappa shape index (κ1) is 14.4. The van der Waals surface area contributed by atoms with Gasteiger partial charge in [-0.2, -0.15) is 0 Å². The summed E-state index contributed by atoms with van der Waals surface area (Å²) in [5.41, 5.74) is 0.991. The van der Waals surface area contributed by atoms with Crippen molar-refractivity contribution in [2.24, 2.45) is 0 Å². The average Bonchev–Trinajstić information content (AvgIpc) is 3.13. The molecule has 110 valence electrons. The Bertz CT molecular complexity index is 588. The minimum absolute atomic E-state index is 0.0519. The minimum atomic E-state index is 0.0519. The monoisotopic (exact) mass is 319 g/mol. The van der Waals surface area contributed by atoms with Crippen molar-refractivity contribution >= 4 is 28.7 Å². The molecule has 0 saturated carbocycles. The molecular formula is C15H17N3OS2. The Morgan fingerprint density at radius 3 is 2.90 bits per heavy atom. The lowest BCUT2D eigenvalue weighted by molar-refractivity contribution is 0.249. The van der Waals surface area contributed by atoms with Crippen molar-refractivity contribution in [3.05, 3.63) is 52.5 Å². The van der Waals surface area contributed by atoms with Crippen LogP contribution >= 0.6 is 23.6 Å². The van der Waals surface area contributed by atoms with Gasteiger partial charge in [0.2, 0.25) is 0 Å². The van der Waals surface area contributed by atoms with Crippen molar-refractivity contribution in [1.29, 1.82) is 0 Å². The molecule has 0 amide bonds. The van der Waals surface area contributed by atoms with Gasteiger partial charge in [0, 0.05) is 24.2 Å². The number of pyridine rings is 1. The first-order valence-electron chi connectivity index (χ1n) is 6.93. The molecular weight excluding hydrogens is 302 g/mol. The summed E-state index contributed by atoms with van der Waals surface area (Å²) in [6, 6.07) is 10.3. The second-order valence-electron chi connectivity index (χ2n) is 4.91. The Morgan fingerprint density at radius 2 is 2.24 bits per heavy atom. The van der Waals surface area contributed by atoms with Crippen molar-refractivity contribution in [1.82, 2.24) is 15.2 Å². The number of aliphatic hydroxyl groups excluding tert-OH is 1. The summed E-state index contributed by atoms with van der Waals surface area (Å²) < 4.78 is 0. The molecule has 3 heterocycles. The van der Waals surface area contributed by atoms with Gasteiger partial charge in [-0.3, -0.25) is 4.98 Å². The summed E-state index contributed by atoms with van der Waals surface area (Å²) in [5.74, 6) is 0.